The summed E-state index contributed by atoms with van der Waals surface area (Å²) in [5, 5.41) is 6.09. The number of ether oxygens (including phenoxy) is 1. The van der Waals surface area contributed by atoms with E-state index in [1.165, 1.54) is 0 Å². The molecule has 1 saturated heterocycles. The lowest BCUT2D eigenvalue weighted by Gasteiger charge is -2.29. The van der Waals surface area contributed by atoms with Crippen molar-refractivity contribution in [1.82, 2.24) is 10.3 Å². The molecule has 25 heavy (non-hydrogen) atoms. The minimum Gasteiger partial charge on any atom is -0.441 e. The van der Waals surface area contributed by atoms with Gasteiger partial charge in [-0.3, -0.25) is 4.79 Å². The summed E-state index contributed by atoms with van der Waals surface area (Å²) in [5.41, 5.74) is 1.62. The Kier molecular flexibility index (Phi) is 6.58. The summed E-state index contributed by atoms with van der Waals surface area (Å²) in [6.45, 7) is 7.34. The topological polar surface area (TPSA) is 76.4 Å². The van der Waals surface area contributed by atoms with Crippen LogP contribution in [0.2, 0.25) is 0 Å². The number of rotatable bonds is 4. The van der Waals surface area contributed by atoms with Gasteiger partial charge in [-0.15, -0.1) is 12.4 Å². The van der Waals surface area contributed by atoms with Gasteiger partial charge < -0.3 is 19.8 Å². The van der Waals surface area contributed by atoms with Crippen LogP contribution in [0.15, 0.2) is 34.9 Å². The Hall–Kier alpha value is -1.89. The molecule has 0 bridgehead atoms. The maximum absolute atomic E-state index is 12.3. The van der Waals surface area contributed by atoms with Crippen molar-refractivity contribution in [3.05, 3.63) is 36.2 Å². The molecule has 2 heterocycles. The molecule has 2 N–H and O–H groups in total. The summed E-state index contributed by atoms with van der Waals surface area (Å²) >= 11 is 0. The van der Waals surface area contributed by atoms with E-state index in [1.807, 2.05) is 31.2 Å². The standard InChI is InChI=1S/C18H23N3O3.ClH/c1-11(2)15-10-20-18(24-15)13-4-6-14(7-5-13)21-17(22)16-12(3)23-9-8-19-16;/h4-7,10-12,16,19H,8-9H2,1-3H3,(H,21,22);1H/t12-,16+;/m1./s1. The first kappa shape index (κ1) is 19.4. The van der Waals surface area contributed by atoms with Crippen molar-refractivity contribution < 1.29 is 13.9 Å². The number of halogens is 1. The van der Waals surface area contributed by atoms with Crippen LogP contribution in [0.4, 0.5) is 5.69 Å². The highest BCUT2D eigenvalue weighted by Crippen LogP contribution is 2.24. The van der Waals surface area contributed by atoms with Crippen molar-refractivity contribution in [1.29, 1.82) is 0 Å². The minimum atomic E-state index is -0.334. The second kappa shape index (κ2) is 8.47. The molecular weight excluding hydrogens is 342 g/mol. The average Bonchev–Trinajstić information content (AvgIpc) is 3.06. The van der Waals surface area contributed by atoms with Crippen LogP contribution in [0.5, 0.6) is 0 Å². The zero-order chi connectivity index (χ0) is 17.1. The number of amides is 1. The molecule has 1 aromatic carbocycles. The van der Waals surface area contributed by atoms with Crippen molar-refractivity contribution in [2.24, 2.45) is 0 Å². The van der Waals surface area contributed by atoms with Crippen LogP contribution in [0.1, 0.15) is 32.4 Å². The number of nitrogens with zero attached hydrogens (tertiary/aromatic N) is 1. The van der Waals surface area contributed by atoms with Gasteiger partial charge in [-0.2, -0.15) is 0 Å². The number of nitrogens with one attached hydrogen (secondary N) is 2. The zero-order valence-corrected chi connectivity index (χ0v) is 15.4. The van der Waals surface area contributed by atoms with Crippen LogP contribution in [0.3, 0.4) is 0 Å². The number of aromatic nitrogens is 1. The van der Waals surface area contributed by atoms with Crippen LogP contribution < -0.4 is 10.6 Å². The predicted molar refractivity (Wildman–Crippen MR) is 99.1 cm³/mol. The molecule has 6 nitrogen and oxygen atoms in total. The predicted octanol–water partition coefficient (Wildman–Crippen LogP) is 3.20. The van der Waals surface area contributed by atoms with Crippen molar-refractivity contribution in [2.75, 3.05) is 18.5 Å². The van der Waals surface area contributed by atoms with Gasteiger partial charge >= 0.3 is 0 Å². The van der Waals surface area contributed by atoms with Gasteiger partial charge in [0.05, 0.1) is 18.9 Å². The van der Waals surface area contributed by atoms with Gasteiger partial charge in [0, 0.05) is 23.7 Å². The third-order valence-corrected chi connectivity index (χ3v) is 4.09. The second-order valence-corrected chi connectivity index (χ2v) is 6.30. The monoisotopic (exact) mass is 365 g/mol. The Bertz CT molecular complexity index is 700. The van der Waals surface area contributed by atoms with Crippen molar-refractivity contribution in [2.45, 2.75) is 38.8 Å². The Balaban J connectivity index is 0.00000225. The maximum Gasteiger partial charge on any atom is 0.244 e. The summed E-state index contributed by atoms with van der Waals surface area (Å²) in [4.78, 5) is 16.6. The quantitative estimate of drug-likeness (QED) is 0.870. The number of carbonyl (C=O) groups is 1. The van der Waals surface area contributed by atoms with E-state index in [0.29, 0.717) is 25.0 Å². The van der Waals surface area contributed by atoms with E-state index in [0.717, 1.165) is 17.0 Å². The SMILES string of the molecule is CC(C)c1cnc(-c2ccc(NC(=O)[C@H]3NCCO[C@@H]3C)cc2)o1.Cl. The molecule has 7 heteroatoms. The fourth-order valence-corrected chi connectivity index (χ4v) is 2.63. The van der Waals surface area contributed by atoms with Crippen molar-refractivity contribution >= 4 is 24.0 Å². The number of benzene rings is 1. The smallest absolute Gasteiger partial charge is 0.244 e. The molecule has 1 amide bonds. The first-order chi connectivity index (χ1) is 11.5. The van der Waals surface area contributed by atoms with E-state index < -0.39 is 0 Å². The van der Waals surface area contributed by atoms with Crippen molar-refractivity contribution in [3.63, 3.8) is 0 Å². The Morgan fingerprint density at radius 1 is 1.32 bits per heavy atom. The molecule has 2 aromatic rings. The minimum absolute atomic E-state index is 0. The fourth-order valence-electron chi connectivity index (χ4n) is 2.63. The highest BCUT2D eigenvalue weighted by molar-refractivity contribution is 5.95. The summed E-state index contributed by atoms with van der Waals surface area (Å²) < 4.78 is 11.2. The van der Waals surface area contributed by atoms with Gasteiger partial charge in [0.15, 0.2) is 0 Å². The fraction of sp³-hybridized carbons (Fsp3) is 0.444. The lowest BCUT2D eigenvalue weighted by Crippen LogP contribution is -2.53. The lowest BCUT2D eigenvalue weighted by molar-refractivity contribution is -0.123. The van der Waals surface area contributed by atoms with Crippen LogP contribution in [0, 0.1) is 0 Å². The van der Waals surface area contributed by atoms with Gasteiger partial charge in [-0.05, 0) is 31.2 Å². The molecule has 0 unspecified atom stereocenters. The molecule has 3 rings (SSSR count). The van der Waals surface area contributed by atoms with E-state index >= 15 is 0 Å². The van der Waals surface area contributed by atoms with Crippen LogP contribution in [0.25, 0.3) is 11.5 Å². The molecule has 0 radical (unpaired) electrons. The first-order valence-electron chi connectivity index (χ1n) is 8.26. The molecular formula is C18H24ClN3O3. The van der Waals surface area contributed by atoms with Crippen LogP contribution in [-0.2, 0) is 9.53 Å². The third kappa shape index (κ3) is 4.60. The molecule has 1 aromatic heterocycles. The number of morpholine rings is 1. The van der Waals surface area contributed by atoms with Gasteiger partial charge in [0.1, 0.15) is 11.8 Å². The number of carbonyl (C=O) groups excluding carboxylic acids is 1. The summed E-state index contributed by atoms with van der Waals surface area (Å²) in [5.74, 6) is 1.66. The molecule has 1 fully saturated rings. The van der Waals surface area contributed by atoms with Crippen molar-refractivity contribution in [3.8, 4) is 11.5 Å². The van der Waals surface area contributed by atoms with E-state index in [4.69, 9.17) is 9.15 Å². The van der Waals surface area contributed by atoms with E-state index in [1.54, 1.807) is 6.20 Å². The number of oxazole rings is 1. The Morgan fingerprint density at radius 2 is 2.04 bits per heavy atom. The summed E-state index contributed by atoms with van der Waals surface area (Å²) in [7, 11) is 0. The van der Waals surface area contributed by atoms with E-state index in [-0.39, 0.29) is 30.5 Å². The molecule has 0 saturated carbocycles. The molecule has 2 atom stereocenters. The average molecular weight is 366 g/mol. The van der Waals surface area contributed by atoms with Gasteiger partial charge in [0.25, 0.3) is 0 Å². The van der Waals surface area contributed by atoms with Gasteiger partial charge in [-0.1, -0.05) is 13.8 Å². The number of hydrogen-bond donors (Lipinski definition) is 2. The maximum atomic E-state index is 12.3. The van der Waals surface area contributed by atoms with Crippen LogP contribution in [-0.4, -0.2) is 36.2 Å². The molecule has 0 spiro atoms. The molecule has 136 valence electrons. The third-order valence-electron chi connectivity index (χ3n) is 4.09. The molecule has 1 aliphatic heterocycles. The van der Waals surface area contributed by atoms with Gasteiger partial charge in [0.2, 0.25) is 11.8 Å². The Morgan fingerprint density at radius 3 is 2.64 bits per heavy atom. The first-order valence-corrected chi connectivity index (χ1v) is 8.26. The molecule has 0 aliphatic carbocycles. The largest absolute Gasteiger partial charge is 0.441 e. The zero-order valence-electron chi connectivity index (χ0n) is 14.6. The lowest BCUT2D eigenvalue weighted by atomic mass is 10.1. The second-order valence-electron chi connectivity index (χ2n) is 6.30. The van der Waals surface area contributed by atoms with Crippen LogP contribution >= 0.6 is 12.4 Å². The number of hydrogen-bond acceptors (Lipinski definition) is 5. The highest BCUT2D eigenvalue weighted by Gasteiger charge is 2.28. The van der Waals surface area contributed by atoms with E-state index in [9.17, 15) is 4.79 Å². The Labute approximate surface area is 153 Å². The summed E-state index contributed by atoms with van der Waals surface area (Å²) in [6.07, 6.45) is 1.62. The van der Waals surface area contributed by atoms with E-state index in [2.05, 4.69) is 29.5 Å². The summed E-state index contributed by atoms with van der Waals surface area (Å²) in [6, 6.07) is 7.14. The molecule has 1 aliphatic rings. The normalized spacial score (nSPS) is 20.2. The van der Waals surface area contributed by atoms with Gasteiger partial charge in [-0.25, -0.2) is 4.98 Å². The highest BCUT2D eigenvalue weighted by atomic mass is 35.5. The number of anilines is 1.